The molecule has 2 rings (SSSR count). The number of esters is 1. The molecule has 0 aliphatic rings. The molecule has 0 aliphatic heterocycles. The fourth-order valence-electron chi connectivity index (χ4n) is 2.60. The number of ether oxygens (including phenoxy) is 1. The van der Waals surface area contributed by atoms with Crippen molar-refractivity contribution in [3.05, 3.63) is 65.7 Å². The van der Waals surface area contributed by atoms with Crippen molar-refractivity contribution in [2.45, 2.75) is 19.8 Å². The van der Waals surface area contributed by atoms with Crippen LogP contribution in [0.25, 0.3) is 0 Å². The van der Waals surface area contributed by atoms with E-state index < -0.39 is 5.97 Å². The molecular formula is C21H24N2O4. The lowest BCUT2D eigenvalue weighted by molar-refractivity contribution is -0.129. The van der Waals surface area contributed by atoms with Crippen LogP contribution in [0.4, 0.5) is 5.69 Å². The van der Waals surface area contributed by atoms with Gasteiger partial charge < -0.3 is 15.0 Å². The highest BCUT2D eigenvalue weighted by atomic mass is 16.5. The van der Waals surface area contributed by atoms with Crippen LogP contribution < -0.4 is 5.32 Å². The molecule has 0 saturated carbocycles. The molecule has 2 aromatic rings. The number of nitrogens with zero attached hydrogens (tertiary/aromatic N) is 1. The van der Waals surface area contributed by atoms with E-state index in [1.54, 1.807) is 29.2 Å². The molecule has 27 heavy (non-hydrogen) atoms. The third-order valence-corrected chi connectivity index (χ3v) is 4.16. The summed E-state index contributed by atoms with van der Waals surface area (Å²) >= 11 is 0. The van der Waals surface area contributed by atoms with Crippen molar-refractivity contribution in [1.29, 1.82) is 0 Å². The maximum Gasteiger partial charge on any atom is 0.337 e. The zero-order chi connectivity index (χ0) is 19.6. The maximum absolute atomic E-state index is 12.1. The number of benzene rings is 2. The summed E-state index contributed by atoms with van der Waals surface area (Å²) in [4.78, 5) is 37.0. The molecule has 0 bridgehead atoms. The summed E-state index contributed by atoms with van der Waals surface area (Å²) in [6, 6.07) is 16.4. The summed E-state index contributed by atoms with van der Waals surface area (Å²) < 4.78 is 4.64. The minimum Gasteiger partial charge on any atom is -0.465 e. The summed E-state index contributed by atoms with van der Waals surface area (Å²) in [5.74, 6) is -0.670. The first-order valence-electron chi connectivity index (χ1n) is 8.77. The van der Waals surface area contributed by atoms with Crippen LogP contribution >= 0.6 is 0 Å². The van der Waals surface area contributed by atoms with E-state index in [9.17, 15) is 14.4 Å². The Balaban J connectivity index is 1.82. The Morgan fingerprint density at radius 2 is 1.63 bits per heavy atom. The van der Waals surface area contributed by atoms with Gasteiger partial charge in [0.05, 0.1) is 12.7 Å². The van der Waals surface area contributed by atoms with Crippen molar-refractivity contribution in [1.82, 2.24) is 4.90 Å². The highest BCUT2D eigenvalue weighted by Crippen LogP contribution is 2.11. The molecule has 0 radical (unpaired) electrons. The van der Waals surface area contributed by atoms with Gasteiger partial charge in [0, 0.05) is 32.1 Å². The van der Waals surface area contributed by atoms with E-state index in [1.807, 2.05) is 30.3 Å². The molecule has 0 aliphatic carbocycles. The number of methoxy groups -OCH3 is 1. The van der Waals surface area contributed by atoms with Crippen molar-refractivity contribution in [3.63, 3.8) is 0 Å². The van der Waals surface area contributed by atoms with E-state index in [-0.39, 0.29) is 18.2 Å². The first-order chi connectivity index (χ1) is 13.0. The topological polar surface area (TPSA) is 75.7 Å². The summed E-state index contributed by atoms with van der Waals surface area (Å²) in [5, 5.41) is 2.77. The normalized spacial score (nSPS) is 10.1. The molecule has 2 aromatic carbocycles. The first kappa shape index (κ1) is 20.2. The number of anilines is 1. The van der Waals surface area contributed by atoms with Crippen molar-refractivity contribution in [2.75, 3.05) is 25.5 Å². The van der Waals surface area contributed by atoms with Crippen molar-refractivity contribution >= 4 is 23.5 Å². The summed E-state index contributed by atoms with van der Waals surface area (Å²) in [7, 11) is 1.32. The van der Waals surface area contributed by atoms with Crippen LogP contribution in [-0.4, -0.2) is 42.9 Å². The van der Waals surface area contributed by atoms with Gasteiger partial charge in [-0.1, -0.05) is 30.3 Å². The zero-order valence-electron chi connectivity index (χ0n) is 15.6. The van der Waals surface area contributed by atoms with Crippen molar-refractivity contribution < 1.29 is 19.1 Å². The fraction of sp³-hybridized carbons (Fsp3) is 0.286. The Labute approximate surface area is 159 Å². The van der Waals surface area contributed by atoms with E-state index in [2.05, 4.69) is 10.1 Å². The average Bonchev–Trinajstić information content (AvgIpc) is 2.68. The smallest absolute Gasteiger partial charge is 0.337 e. The second-order valence-electron chi connectivity index (χ2n) is 6.11. The molecular weight excluding hydrogens is 344 g/mol. The summed E-state index contributed by atoms with van der Waals surface area (Å²) in [5.41, 5.74) is 2.16. The van der Waals surface area contributed by atoms with Gasteiger partial charge in [-0.3, -0.25) is 9.59 Å². The predicted octanol–water partition coefficient (Wildman–Crippen LogP) is 2.89. The van der Waals surface area contributed by atoms with Gasteiger partial charge >= 0.3 is 5.97 Å². The molecule has 6 heteroatoms. The van der Waals surface area contributed by atoms with E-state index in [1.165, 1.54) is 14.0 Å². The monoisotopic (exact) mass is 368 g/mol. The van der Waals surface area contributed by atoms with Crippen LogP contribution in [0.15, 0.2) is 54.6 Å². The molecule has 0 atom stereocenters. The van der Waals surface area contributed by atoms with Crippen molar-refractivity contribution in [2.24, 2.45) is 0 Å². The lowest BCUT2D eigenvalue weighted by Crippen LogP contribution is -2.33. The van der Waals surface area contributed by atoms with E-state index in [0.29, 0.717) is 24.3 Å². The second kappa shape index (κ2) is 10.1. The molecule has 0 fully saturated rings. The fourth-order valence-corrected chi connectivity index (χ4v) is 2.60. The van der Waals surface area contributed by atoms with Gasteiger partial charge in [0.1, 0.15) is 0 Å². The number of hydrogen-bond donors (Lipinski definition) is 1. The molecule has 0 spiro atoms. The average molecular weight is 368 g/mol. The summed E-state index contributed by atoms with van der Waals surface area (Å²) in [6.45, 7) is 2.43. The minimum atomic E-state index is -0.427. The van der Waals surface area contributed by atoms with Gasteiger partial charge in [0.25, 0.3) is 0 Å². The van der Waals surface area contributed by atoms with Gasteiger partial charge in [-0.2, -0.15) is 0 Å². The molecule has 0 aromatic heterocycles. The molecule has 2 amide bonds. The number of amides is 2. The van der Waals surface area contributed by atoms with E-state index >= 15 is 0 Å². The van der Waals surface area contributed by atoms with Crippen LogP contribution in [0.3, 0.4) is 0 Å². The highest BCUT2D eigenvalue weighted by molar-refractivity contribution is 5.93. The van der Waals surface area contributed by atoms with Crippen LogP contribution in [0.5, 0.6) is 0 Å². The summed E-state index contributed by atoms with van der Waals surface area (Å²) in [6.07, 6.45) is 0.949. The Morgan fingerprint density at radius 1 is 0.963 bits per heavy atom. The molecule has 1 N–H and O–H groups in total. The third-order valence-electron chi connectivity index (χ3n) is 4.16. The van der Waals surface area contributed by atoms with Gasteiger partial charge in [0.15, 0.2) is 0 Å². The van der Waals surface area contributed by atoms with Gasteiger partial charge in [-0.25, -0.2) is 4.79 Å². The number of rotatable bonds is 8. The second-order valence-corrected chi connectivity index (χ2v) is 6.11. The van der Waals surface area contributed by atoms with Crippen LogP contribution in [-0.2, 0) is 20.7 Å². The highest BCUT2D eigenvalue weighted by Gasteiger charge is 2.12. The molecule has 0 unspecified atom stereocenters. The lowest BCUT2D eigenvalue weighted by atomic mass is 10.1. The van der Waals surface area contributed by atoms with Gasteiger partial charge in [0.2, 0.25) is 11.8 Å². The van der Waals surface area contributed by atoms with Gasteiger partial charge in [-0.05, 0) is 36.2 Å². The first-order valence-corrected chi connectivity index (χ1v) is 8.77. The minimum absolute atomic E-state index is 0.0545. The SMILES string of the molecule is COC(=O)c1ccc(NC(=O)CCN(CCc2ccccc2)C(C)=O)cc1. The van der Waals surface area contributed by atoms with E-state index in [4.69, 9.17) is 0 Å². The Hall–Kier alpha value is -3.15. The molecule has 0 saturated heterocycles. The van der Waals surface area contributed by atoms with Crippen LogP contribution in [0.1, 0.15) is 29.3 Å². The Kier molecular flexibility index (Phi) is 7.55. The number of carbonyl (C=O) groups is 3. The van der Waals surface area contributed by atoms with Crippen LogP contribution in [0, 0.1) is 0 Å². The predicted molar refractivity (Wildman–Crippen MR) is 103 cm³/mol. The largest absolute Gasteiger partial charge is 0.465 e. The van der Waals surface area contributed by atoms with Gasteiger partial charge in [-0.15, -0.1) is 0 Å². The lowest BCUT2D eigenvalue weighted by Gasteiger charge is -2.21. The number of carbonyl (C=O) groups excluding carboxylic acids is 3. The number of hydrogen-bond acceptors (Lipinski definition) is 4. The Morgan fingerprint density at radius 3 is 2.22 bits per heavy atom. The standard InChI is InChI=1S/C21H24N2O4/c1-16(24)23(14-12-17-6-4-3-5-7-17)15-13-20(25)22-19-10-8-18(9-11-19)21(26)27-2/h3-11H,12-15H2,1-2H3,(H,22,25). The quantitative estimate of drug-likeness (QED) is 0.727. The Bertz CT molecular complexity index is 773. The molecule has 6 nitrogen and oxygen atoms in total. The van der Waals surface area contributed by atoms with E-state index in [0.717, 1.165) is 12.0 Å². The third kappa shape index (κ3) is 6.58. The maximum atomic E-state index is 12.1. The zero-order valence-corrected chi connectivity index (χ0v) is 15.6. The van der Waals surface area contributed by atoms with Crippen LogP contribution in [0.2, 0.25) is 0 Å². The number of nitrogens with one attached hydrogen (secondary N) is 1. The van der Waals surface area contributed by atoms with Crippen molar-refractivity contribution in [3.8, 4) is 0 Å². The molecule has 142 valence electrons. The molecule has 0 heterocycles.